The average Bonchev–Trinajstić information content (AvgIpc) is 2.65. The van der Waals surface area contributed by atoms with Crippen molar-refractivity contribution in [1.82, 2.24) is 15.3 Å². The smallest absolute Gasteiger partial charge is 0.103 e. The maximum Gasteiger partial charge on any atom is 0.103 e. The molecule has 0 spiro atoms. The van der Waals surface area contributed by atoms with E-state index in [0.717, 1.165) is 11.5 Å². The van der Waals surface area contributed by atoms with Crippen molar-refractivity contribution >= 4 is 0 Å². The van der Waals surface area contributed by atoms with Gasteiger partial charge in [0.25, 0.3) is 0 Å². The highest BCUT2D eigenvalue weighted by atomic mass is 14.9. The fourth-order valence-electron chi connectivity index (χ4n) is 1.23. The Morgan fingerprint density at radius 3 is 1.88 bits per heavy atom. The van der Waals surface area contributed by atoms with Crippen LogP contribution in [0.2, 0.25) is 0 Å². The molecule has 17 heavy (non-hydrogen) atoms. The van der Waals surface area contributed by atoms with Gasteiger partial charge < -0.3 is 10.3 Å². The van der Waals surface area contributed by atoms with Crippen LogP contribution in [0.15, 0.2) is 6.20 Å². The number of nitrogens with zero attached hydrogens (tertiary/aromatic N) is 1. The lowest BCUT2D eigenvalue weighted by molar-refractivity contribution is 0.479. The van der Waals surface area contributed by atoms with Gasteiger partial charge >= 0.3 is 0 Å². The Balaban J connectivity index is 0. The van der Waals surface area contributed by atoms with E-state index in [4.69, 9.17) is 0 Å². The first-order chi connectivity index (χ1) is 7.95. The molecule has 0 radical (unpaired) electrons. The zero-order valence-electron chi connectivity index (χ0n) is 12.9. The van der Waals surface area contributed by atoms with Crippen molar-refractivity contribution in [3.05, 3.63) is 17.7 Å². The maximum atomic E-state index is 3.96. The third-order valence-corrected chi connectivity index (χ3v) is 2.06. The van der Waals surface area contributed by atoms with Crippen molar-refractivity contribution in [3.63, 3.8) is 0 Å². The Morgan fingerprint density at radius 1 is 1.24 bits per heavy atom. The number of imidazole rings is 1. The SMILES string of the molecule is CC.CCC(C)NC(C)C.Cc1cnc(C)[nH]1. The Hall–Kier alpha value is -0.830. The number of nitrogens with one attached hydrogen (secondary N) is 2. The minimum Gasteiger partial charge on any atom is -0.346 e. The molecule has 1 atom stereocenters. The Bertz CT molecular complexity index is 237. The van der Waals surface area contributed by atoms with Gasteiger partial charge in [-0.15, -0.1) is 0 Å². The number of aryl methyl sites for hydroxylation is 2. The molecule has 1 aromatic heterocycles. The third kappa shape index (κ3) is 13.1. The number of H-pyrrole nitrogens is 1. The van der Waals surface area contributed by atoms with Crippen LogP contribution in [-0.4, -0.2) is 22.1 Å². The van der Waals surface area contributed by atoms with Gasteiger partial charge in [-0.3, -0.25) is 0 Å². The van der Waals surface area contributed by atoms with Crippen LogP contribution in [0.3, 0.4) is 0 Å². The second-order valence-electron chi connectivity index (χ2n) is 4.28. The summed E-state index contributed by atoms with van der Waals surface area (Å²) in [5.74, 6) is 0.984. The van der Waals surface area contributed by atoms with Gasteiger partial charge in [-0.2, -0.15) is 0 Å². The van der Waals surface area contributed by atoms with Gasteiger partial charge in [0.2, 0.25) is 0 Å². The molecular formula is C14H31N3. The van der Waals surface area contributed by atoms with E-state index in [0.29, 0.717) is 12.1 Å². The van der Waals surface area contributed by atoms with E-state index < -0.39 is 0 Å². The fourth-order valence-corrected chi connectivity index (χ4v) is 1.23. The second kappa shape index (κ2) is 11.6. The molecule has 2 N–H and O–H groups in total. The predicted molar refractivity (Wildman–Crippen MR) is 77.4 cm³/mol. The quantitative estimate of drug-likeness (QED) is 0.844. The summed E-state index contributed by atoms with van der Waals surface area (Å²) in [6, 6.07) is 1.31. The van der Waals surface area contributed by atoms with Crippen molar-refractivity contribution < 1.29 is 0 Å². The van der Waals surface area contributed by atoms with Crippen LogP contribution in [-0.2, 0) is 0 Å². The van der Waals surface area contributed by atoms with Crippen molar-refractivity contribution in [1.29, 1.82) is 0 Å². The molecule has 3 nitrogen and oxygen atoms in total. The molecule has 0 aromatic carbocycles. The van der Waals surface area contributed by atoms with Crippen LogP contribution in [0.25, 0.3) is 0 Å². The number of aromatic nitrogens is 2. The summed E-state index contributed by atoms with van der Waals surface area (Å²) in [7, 11) is 0. The van der Waals surface area contributed by atoms with E-state index in [9.17, 15) is 0 Å². The second-order valence-corrected chi connectivity index (χ2v) is 4.28. The van der Waals surface area contributed by atoms with Gasteiger partial charge in [0, 0.05) is 24.0 Å². The van der Waals surface area contributed by atoms with Crippen molar-refractivity contribution in [2.45, 2.75) is 73.9 Å². The molecule has 1 unspecified atom stereocenters. The molecule has 0 aliphatic heterocycles. The zero-order chi connectivity index (χ0) is 13.8. The number of hydrogen-bond acceptors (Lipinski definition) is 2. The highest BCUT2D eigenvalue weighted by Crippen LogP contribution is 1.90. The standard InChI is InChI=1S/C7H17N.C5H8N2.C2H6/c1-5-7(4)8-6(2)3;1-4-3-6-5(2)7-4;1-2/h6-8H,5H2,1-4H3;3H,1-2H3,(H,6,7);1-2H3. The highest BCUT2D eigenvalue weighted by molar-refractivity contribution is 4.95. The highest BCUT2D eigenvalue weighted by Gasteiger charge is 1.97. The molecule has 1 rings (SSSR count). The van der Waals surface area contributed by atoms with Crippen LogP contribution in [0.4, 0.5) is 0 Å². The van der Waals surface area contributed by atoms with Crippen LogP contribution < -0.4 is 5.32 Å². The number of aromatic amines is 1. The fraction of sp³-hybridized carbons (Fsp3) is 0.786. The lowest BCUT2D eigenvalue weighted by Gasteiger charge is -2.13. The molecule has 0 aliphatic rings. The van der Waals surface area contributed by atoms with E-state index in [-0.39, 0.29) is 0 Å². The minimum atomic E-state index is 0.630. The zero-order valence-corrected chi connectivity index (χ0v) is 12.9. The maximum absolute atomic E-state index is 3.96. The summed E-state index contributed by atoms with van der Waals surface area (Å²) < 4.78 is 0. The largest absolute Gasteiger partial charge is 0.346 e. The van der Waals surface area contributed by atoms with Gasteiger partial charge in [0.15, 0.2) is 0 Å². The van der Waals surface area contributed by atoms with E-state index >= 15 is 0 Å². The normalized spacial score (nSPS) is 11.1. The predicted octanol–water partition coefficient (Wildman–Crippen LogP) is 3.84. The van der Waals surface area contributed by atoms with Gasteiger partial charge in [-0.1, -0.05) is 34.6 Å². The summed E-state index contributed by atoms with van der Waals surface area (Å²) >= 11 is 0. The molecular weight excluding hydrogens is 210 g/mol. The summed E-state index contributed by atoms with van der Waals surface area (Å²) in [5, 5.41) is 3.39. The molecule has 102 valence electrons. The van der Waals surface area contributed by atoms with Crippen molar-refractivity contribution in [3.8, 4) is 0 Å². The van der Waals surface area contributed by atoms with E-state index in [1.807, 2.05) is 33.9 Å². The molecule has 0 amide bonds. The Morgan fingerprint density at radius 2 is 1.76 bits per heavy atom. The van der Waals surface area contributed by atoms with Gasteiger partial charge in [-0.25, -0.2) is 4.98 Å². The van der Waals surface area contributed by atoms with Crippen LogP contribution in [0, 0.1) is 13.8 Å². The van der Waals surface area contributed by atoms with Crippen molar-refractivity contribution in [2.75, 3.05) is 0 Å². The Kier molecular flexibility index (Phi) is 12.7. The summed E-state index contributed by atoms with van der Waals surface area (Å²) in [4.78, 5) is 6.99. The third-order valence-electron chi connectivity index (χ3n) is 2.06. The van der Waals surface area contributed by atoms with E-state index in [2.05, 4.69) is 43.0 Å². The summed E-state index contributed by atoms with van der Waals surface area (Å²) in [6.07, 6.45) is 3.04. The monoisotopic (exact) mass is 241 g/mol. The van der Waals surface area contributed by atoms with Gasteiger partial charge in [0.1, 0.15) is 5.82 Å². The van der Waals surface area contributed by atoms with Crippen LogP contribution in [0.1, 0.15) is 59.5 Å². The molecule has 0 bridgehead atoms. The van der Waals surface area contributed by atoms with Gasteiger partial charge in [0.05, 0.1) is 0 Å². The first-order valence-electron chi connectivity index (χ1n) is 6.70. The molecule has 0 fully saturated rings. The molecule has 1 heterocycles. The Labute approximate surface area is 107 Å². The molecule has 0 saturated carbocycles. The molecule has 0 saturated heterocycles. The van der Waals surface area contributed by atoms with Crippen molar-refractivity contribution in [2.24, 2.45) is 0 Å². The van der Waals surface area contributed by atoms with E-state index in [1.165, 1.54) is 6.42 Å². The van der Waals surface area contributed by atoms with Gasteiger partial charge in [-0.05, 0) is 27.2 Å². The average molecular weight is 241 g/mol. The van der Waals surface area contributed by atoms with Crippen LogP contribution in [0.5, 0.6) is 0 Å². The molecule has 3 heteroatoms. The minimum absolute atomic E-state index is 0.630. The number of rotatable bonds is 3. The first-order valence-corrected chi connectivity index (χ1v) is 6.70. The molecule has 1 aromatic rings. The summed E-state index contributed by atoms with van der Waals surface area (Å²) in [5.41, 5.74) is 1.12. The number of hydrogen-bond donors (Lipinski definition) is 2. The molecule has 0 aliphatic carbocycles. The topological polar surface area (TPSA) is 40.7 Å². The lowest BCUT2D eigenvalue weighted by atomic mass is 10.2. The van der Waals surface area contributed by atoms with Crippen LogP contribution >= 0.6 is 0 Å². The lowest BCUT2D eigenvalue weighted by Crippen LogP contribution is -2.31. The van der Waals surface area contributed by atoms with E-state index in [1.54, 1.807) is 0 Å². The summed E-state index contributed by atoms with van der Waals surface area (Å²) in [6.45, 7) is 16.7. The first kappa shape index (κ1) is 18.5.